The van der Waals surface area contributed by atoms with Crippen LogP contribution in [0.5, 0.6) is 5.75 Å². The molecule has 1 aromatic carbocycles. The number of anilines is 1. The maximum Gasteiger partial charge on any atom is 0.311 e. The number of carbonyl (C=O) groups is 2. The largest absolute Gasteiger partial charge is 0.423 e. The fraction of sp³-hybridized carbons (Fsp3) is 0.300. The highest BCUT2D eigenvalue weighted by atomic mass is 32.1. The maximum absolute atomic E-state index is 12.3. The van der Waals surface area contributed by atoms with Gasteiger partial charge in [0.15, 0.2) is 5.75 Å². The van der Waals surface area contributed by atoms with Gasteiger partial charge in [0.25, 0.3) is 0 Å². The number of nitrogens with one attached hydrogen (secondary N) is 1. The summed E-state index contributed by atoms with van der Waals surface area (Å²) in [5.74, 6) is 0.0470. The molecule has 0 atom stereocenters. The van der Waals surface area contributed by atoms with E-state index in [9.17, 15) is 9.59 Å². The van der Waals surface area contributed by atoms with Crippen molar-refractivity contribution in [3.63, 3.8) is 0 Å². The second kappa shape index (κ2) is 8.12. The molecule has 1 aliphatic rings. The van der Waals surface area contributed by atoms with Crippen LogP contribution in [0.3, 0.4) is 0 Å². The van der Waals surface area contributed by atoms with Crippen LogP contribution in [0.1, 0.15) is 42.2 Å². The number of thiophene rings is 1. The second-order valence-corrected chi connectivity index (χ2v) is 7.04. The summed E-state index contributed by atoms with van der Waals surface area (Å²) < 4.78 is 5.53. The maximum atomic E-state index is 12.3. The number of carbonyl (C=O) groups excluding carboxylic acids is 2. The number of esters is 1. The van der Waals surface area contributed by atoms with E-state index in [0.29, 0.717) is 17.2 Å². The first kappa shape index (κ1) is 17.4. The van der Waals surface area contributed by atoms with Crippen LogP contribution in [-0.2, 0) is 22.4 Å². The van der Waals surface area contributed by atoms with Crippen molar-refractivity contribution in [2.24, 2.45) is 0 Å². The van der Waals surface area contributed by atoms with Crippen molar-refractivity contribution in [3.8, 4) is 5.75 Å². The third-order valence-electron chi connectivity index (χ3n) is 4.09. The Hall–Kier alpha value is -2.40. The molecule has 1 heterocycles. The third kappa shape index (κ3) is 4.37. The first-order chi connectivity index (χ1) is 12.2. The Morgan fingerprint density at radius 1 is 1.20 bits per heavy atom. The molecule has 1 N–H and O–H groups in total. The summed E-state index contributed by atoms with van der Waals surface area (Å²) in [6, 6.07) is 9.65. The zero-order valence-corrected chi connectivity index (χ0v) is 15.0. The van der Waals surface area contributed by atoms with E-state index >= 15 is 0 Å². The van der Waals surface area contributed by atoms with Crippen molar-refractivity contribution < 1.29 is 14.3 Å². The zero-order valence-electron chi connectivity index (χ0n) is 14.2. The minimum absolute atomic E-state index is 0.226. The molecule has 5 heteroatoms. The molecule has 0 spiro atoms. The van der Waals surface area contributed by atoms with E-state index in [4.69, 9.17) is 4.74 Å². The van der Waals surface area contributed by atoms with Crippen LogP contribution in [0, 0.1) is 0 Å². The molecule has 1 amide bonds. The highest BCUT2D eigenvalue weighted by molar-refractivity contribution is 7.17. The van der Waals surface area contributed by atoms with Crippen LogP contribution >= 0.6 is 11.3 Å². The number of rotatable bonds is 5. The van der Waals surface area contributed by atoms with E-state index in [1.54, 1.807) is 13.0 Å². The summed E-state index contributed by atoms with van der Waals surface area (Å²) >= 11 is 1.52. The molecular weight excluding hydrogens is 334 g/mol. The average molecular weight is 355 g/mol. The number of aryl methyl sites for hydroxylation is 1. The number of amides is 1. The summed E-state index contributed by atoms with van der Waals surface area (Å²) in [7, 11) is 0. The zero-order chi connectivity index (χ0) is 17.6. The predicted molar refractivity (Wildman–Crippen MR) is 101 cm³/mol. The van der Waals surface area contributed by atoms with Gasteiger partial charge in [0.05, 0.1) is 0 Å². The molecule has 0 bridgehead atoms. The molecule has 0 unspecified atom stereocenters. The predicted octanol–water partition coefficient (Wildman–Crippen LogP) is 4.59. The van der Waals surface area contributed by atoms with Crippen LogP contribution in [0.25, 0.3) is 6.08 Å². The van der Waals surface area contributed by atoms with Crippen molar-refractivity contribution in [3.05, 3.63) is 52.4 Å². The van der Waals surface area contributed by atoms with Crippen LogP contribution in [0.2, 0.25) is 0 Å². The molecule has 1 aliphatic carbocycles. The lowest BCUT2D eigenvalue weighted by Crippen LogP contribution is -2.12. The van der Waals surface area contributed by atoms with Gasteiger partial charge in [-0.15, -0.1) is 11.3 Å². The van der Waals surface area contributed by atoms with Crippen LogP contribution < -0.4 is 10.1 Å². The Bertz CT molecular complexity index is 793. The van der Waals surface area contributed by atoms with Gasteiger partial charge >= 0.3 is 5.97 Å². The van der Waals surface area contributed by atoms with E-state index in [-0.39, 0.29) is 11.9 Å². The van der Waals surface area contributed by atoms with Gasteiger partial charge in [-0.2, -0.15) is 0 Å². The number of hydrogen-bond acceptors (Lipinski definition) is 4. The average Bonchev–Trinajstić information content (AvgIpc) is 2.98. The van der Waals surface area contributed by atoms with Crippen LogP contribution in [-0.4, -0.2) is 11.9 Å². The summed E-state index contributed by atoms with van der Waals surface area (Å²) in [4.78, 5) is 25.3. The first-order valence-corrected chi connectivity index (χ1v) is 9.38. The van der Waals surface area contributed by atoms with Gasteiger partial charge in [-0.25, -0.2) is 0 Å². The molecule has 0 saturated heterocycles. The molecule has 0 saturated carbocycles. The van der Waals surface area contributed by atoms with Crippen molar-refractivity contribution in [1.82, 2.24) is 0 Å². The van der Waals surface area contributed by atoms with E-state index in [1.807, 2.05) is 30.3 Å². The lowest BCUT2D eigenvalue weighted by atomic mass is 9.98. The fourth-order valence-electron chi connectivity index (χ4n) is 2.80. The van der Waals surface area contributed by atoms with Crippen molar-refractivity contribution >= 4 is 34.3 Å². The molecule has 1 aromatic heterocycles. The van der Waals surface area contributed by atoms with Crippen molar-refractivity contribution in [1.29, 1.82) is 0 Å². The first-order valence-electron chi connectivity index (χ1n) is 8.56. The van der Waals surface area contributed by atoms with Gasteiger partial charge in [0, 0.05) is 22.9 Å². The Morgan fingerprint density at radius 3 is 2.72 bits per heavy atom. The van der Waals surface area contributed by atoms with Gasteiger partial charge in [-0.3, -0.25) is 9.59 Å². The number of fused-ring (bicyclic) bond motifs is 1. The van der Waals surface area contributed by atoms with Crippen molar-refractivity contribution in [2.75, 3.05) is 5.32 Å². The van der Waals surface area contributed by atoms with Crippen LogP contribution in [0.4, 0.5) is 5.00 Å². The molecular formula is C20H21NO3S. The quantitative estimate of drug-likeness (QED) is 0.630. The van der Waals surface area contributed by atoms with E-state index in [1.165, 1.54) is 22.3 Å². The smallest absolute Gasteiger partial charge is 0.311 e. The summed E-state index contributed by atoms with van der Waals surface area (Å²) in [5.41, 5.74) is 2.04. The van der Waals surface area contributed by atoms with E-state index in [0.717, 1.165) is 36.8 Å². The Kier molecular flexibility index (Phi) is 5.66. The summed E-state index contributed by atoms with van der Waals surface area (Å²) in [6.45, 7) is 1.77. The van der Waals surface area contributed by atoms with E-state index in [2.05, 4.69) is 5.32 Å². The van der Waals surface area contributed by atoms with Crippen LogP contribution in [0.15, 0.2) is 36.4 Å². The Balaban J connectivity index is 1.79. The van der Waals surface area contributed by atoms with Gasteiger partial charge in [-0.1, -0.05) is 37.3 Å². The molecule has 25 heavy (non-hydrogen) atoms. The van der Waals surface area contributed by atoms with Gasteiger partial charge < -0.3 is 10.1 Å². The fourth-order valence-corrected chi connectivity index (χ4v) is 4.02. The van der Waals surface area contributed by atoms with Gasteiger partial charge in [0.2, 0.25) is 5.91 Å². The van der Waals surface area contributed by atoms with Gasteiger partial charge in [0.1, 0.15) is 5.00 Å². The number of benzene rings is 1. The standard InChI is InChI=1S/C20H21NO3S/c1-2-18(23)24-19-15-10-6-7-11-16(15)25-20(19)21-17(22)13-12-14-8-4-3-5-9-14/h3-5,8-9,12-13H,2,6-7,10-11H2,1H3,(H,21,22). The minimum Gasteiger partial charge on any atom is -0.423 e. The molecule has 0 aliphatic heterocycles. The molecule has 4 nitrogen and oxygen atoms in total. The molecule has 3 rings (SSSR count). The number of ether oxygens (including phenoxy) is 1. The van der Waals surface area contributed by atoms with Gasteiger partial charge in [-0.05, 0) is 37.3 Å². The molecule has 130 valence electrons. The molecule has 0 radical (unpaired) electrons. The summed E-state index contributed by atoms with van der Waals surface area (Å²) in [6.07, 6.45) is 7.67. The monoisotopic (exact) mass is 355 g/mol. The normalized spacial score (nSPS) is 13.5. The topological polar surface area (TPSA) is 55.4 Å². The number of hydrogen-bond donors (Lipinski definition) is 1. The highest BCUT2D eigenvalue weighted by Gasteiger charge is 2.24. The lowest BCUT2D eigenvalue weighted by molar-refractivity contribution is -0.134. The van der Waals surface area contributed by atoms with E-state index < -0.39 is 0 Å². The lowest BCUT2D eigenvalue weighted by Gasteiger charge is -2.12. The minimum atomic E-state index is -0.276. The Labute approximate surface area is 151 Å². The molecule has 2 aromatic rings. The third-order valence-corrected chi connectivity index (χ3v) is 5.28. The second-order valence-electron chi connectivity index (χ2n) is 5.93. The highest BCUT2D eigenvalue weighted by Crippen LogP contribution is 2.44. The summed E-state index contributed by atoms with van der Waals surface area (Å²) in [5, 5.41) is 3.52. The SMILES string of the molecule is CCC(=O)Oc1c(NC(=O)C=Cc2ccccc2)sc2c1CCCC2. The Morgan fingerprint density at radius 2 is 1.96 bits per heavy atom. The molecule has 0 fully saturated rings. The van der Waals surface area contributed by atoms with Crippen molar-refractivity contribution in [2.45, 2.75) is 39.0 Å².